The van der Waals surface area contributed by atoms with Gasteiger partial charge in [0.2, 0.25) is 0 Å². The van der Waals surface area contributed by atoms with Gasteiger partial charge in [-0.05, 0) is 30.7 Å². The molecule has 2 aromatic rings. The number of benzene rings is 2. The number of para-hydroxylation sites is 2. The number of anilines is 2. The van der Waals surface area contributed by atoms with E-state index < -0.39 is 0 Å². The zero-order valence-electron chi connectivity index (χ0n) is 13.1. The Balaban J connectivity index is 2.04. The average Bonchev–Trinajstić information content (AvgIpc) is 2.56. The van der Waals surface area contributed by atoms with Crippen LogP contribution in [0.15, 0.2) is 54.6 Å². The number of carbonyl (C=O) groups excluding carboxylic acids is 2. The minimum atomic E-state index is -0.307. The summed E-state index contributed by atoms with van der Waals surface area (Å²) in [6.45, 7) is 2.67. The minimum Gasteiger partial charge on any atom is -0.338 e. The molecule has 0 radical (unpaired) electrons. The number of hydrogen-bond donors (Lipinski definition) is 3. The van der Waals surface area contributed by atoms with Gasteiger partial charge in [-0.1, -0.05) is 43.7 Å². The molecular formula is C18H21N3O2. The lowest BCUT2D eigenvalue weighted by molar-refractivity contribution is 0.102. The number of urea groups is 1. The van der Waals surface area contributed by atoms with E-state index in [0.29, 0.717) is 23.5 Å². The van der Waals surface area contributed by atoms with Crippen molar-refractivity contribution in [2.75, 3.05) is 17.2 Å². The molecule has 0 unspecified atom stereocenters. The number of amides is 3. The quantitative estimate of drug-likeness (QED) is 0.709. The Bertz CT molecular complexity index is 656. The molecule has 120 valence electrons. The van der Waals surface area contributed by atoms with Gasteiger partial charge in [0.15, 0.2) is 0 Å². The molecular weight excluding hydrogens is 290 g/mol. The van der Waals surface area contributed by atoms with E-state index in [1.54, 1.807) is 24.3 Å². The van der Waals surface area contributed by atoms with Crippen molar-refractivity contribution >= 4 is 23.3 Å². The monoisotopic (exact) mass is 311 g/mol. The van der Waals surface area contributed by atoms with Crippen LogP contribution in [0.3, 0.4) is 0 Å². The standard InChI is InChI=1S/C18H21N3O2/c1-2-3-13-19-18(23)21-16-12-8-7-11-15(16)17(22)20-14-9-5-4-6-10-14/h4-12H,2-3,13H2,1H3,(H,20,22)(H2,19,21,23). The van der Waals surface area contributed by atoms with Crippen LogP contribution in [0.5, 0.6) is 0 Å². The highest BCUT2D eigenvalue weighted by molar-refractivity contribution is 6.09. The van der Waals surface area contributed by atoms with E-state index in [1.165, 1.54) is 0 Å². The van der Waals surface area contributed by atoms with Crippen molar-refractivity contribution < 1.29 is 9.59 Å². The number of hydrogen-bond acceptors (Lipinski definition) is 2. The van der Waals surface area contributed by atoms with Crippen LogP contribution < -0.4 is 16.0 Å². The van der Waals surface area contributed by atoms with Crippen molar-refractivity contribution in [2.45, 2.75) is 19.8 Å². The van der Waals surface area contributed by atoms with Crippen molar-refractivity contribution in [1.82, 2.24) is 5.32 Å². The van der Waals surface area contributed by atoms with Crippen LogP contribution in [0.25, 0.3) is 0 Å². The maximum absolute atomic E-state index is 12.4. The maximum atomic E-state index is 12.4. The molecule has 2 aromatic carbocycles. The summed E-state index contributed by atoms with van der Waals surface area (Å²) < 4.78 is 0. The lowest BCUT2D eigenvalue weighted by Gasteiger charge is -2.12. The van der Waals surface area contributed by atoms with E-state index in [4.69, 9.17) is 0 Å². The highest BCUT2D eigenvalue weighted by Crippen LogP contribution is 2.17. The molecule has 5 nitrogen and oxygen atoms in total. The van der Waals surface area contributed by atoms with Crippen molar-refractivity contribution in [3.63, 3.8) is 0 Å². The van der Waals surface area contributed by atoms with Crippen LogP contribution in [0, 0.1) is 0 Å². The molecule has 2 rings (SSSR count). The molecule has 0 aliphatic carbocycles. The van der Waals surface area contributed by atoms with Crippen molar-refractivity contribution in [3.05, 3.63) is 60.2 Å². The van der Waals surface area contributed by atoms with E-state index >= 15 is 0 Å². The van der Waals surface area contributed by atoms with Gasteiger partial charge in [-0.25, -0.2) is 4.79 Å². The summed E-state index contributed by atoms with van der Waals surface area (Å²) in [7, 11) is 0. The summed E-state index contributed by atoms with van der Waals surface area (Å²) in [4.78, 5) is 24.3. The van der Waals surface area contributed by atoms with Gasteiger partial charge in [-0.2, -0.15) is 0 Å². The summed E-state index contributed by atoms with van der Waals surface area (Å²) in [5, 5.41) is 8.30. The molecule has 0 atom stereocenters. The van der Waals surface area contributed by atoms with Gasteiger partial charge in [0, 0.05) is 12.2 Å². The Morgan fingerprint density at radius 1 is 0.913 bits per heavy atom. The van der Waals surface area contributed by atoms with E-state index in [-0.39, 0.29) is 11.9 Å². The fourth-order valence-electron chi connectivity index (χ4n) is 2.06. The Morgan fingerprint density at radius 3 is 2.35 bits per heavy atom. The lowest BCUT2D eigenvalue weighted by atomic mass is 10.1. The molecule has 0 aliphatic rings. The van der Waals surface area contributed by atoms with Crippen molar-refractivity contribution in [3.8, 4) is 0 Å². The van der Waals surface area contributed by atoms with Crippen LogP contribution in [0.1, 0.15) is 30.1 Å². The third-order valence-electron chi connectivity index (χ3n) is 3.27. The molecule has 0 spiro atoms. The molecule has 0 aliphatic heterocycles. The van der Waals surface area contributed by atoms with Crippen molar-refractivity contribution in [1.29, 1.82) is 0 Å². The maximum Gasteiger partial charge on any atom is 0.319 e. The Morgan fingerprint density at radius 2 is 1.61 bits per heavy atom. The lowest BCUT2D eigenvalue weighted by Crippen LogP contribution is -2.30. The van der Waals surface area contributed by atoms with Gasteiger partial charge in [-0.3, -0.25) is 4.79 Å². The number of nitrogens with one attached hydrogen (secondary N) is 3. The second kappa shape index (κ2) is 8.58. The van der Waals surface area contributed by atoms with Gasteiger partial charge >= 0.3 is 6.03 Å². The molecule has 23 heavy (non-hydrogen) atoms. The predicted molar refractivity (Wildman–Crippen MR) is 92.8 cm³/mol. The Kier molecular flexibility index (Phi) is 6.17. The van der Waals surface area contributed by atoms with Crippen LogP contribution in [-0.2, 0) is 0 Å². The first kappa shape index (κ1) is 16.5. The van der Waals surface area contributed by atoms with Crippen LogP contribution in [0.2, 0.25) is 0 Å². The highest BCUT2D eigenvalue weighted by atomic mass is 16.2. The van der Waals surface area contributed by atoms with E-state index in [0.717, 1.165) is 12.8 Å². The molecule has 0 fully saturated rings. The van der Waals surface area contributed by atoms with Gasteiger partial charge in [0.1, 0.15) is 0 Å². The van der Waals surface area contributed by atoms with Gasteiger partial charge < -0.3 is 16.0 Å². The van der Waals surface area contributed by atoms with Crippen LogP contribution >= 0.6 is 0 Å². The predicted octanol–water partition coefficient (Wildman–Crippen LogP) is 3.86. The second-order valence-corrected chi connectivity index (χ2v) is 5.10. The Labute approximate surface area is 136 Å². The molecule has 0 bridgehead atoms. The largest absolute Gasteiger partial charge is 0.338 e. The molecule has 3 amide bonds. The van der Waals surface area contributed by atoms with Gasteiger partial charge in [0.05, 0.1) is 11.3 Å². The molecule has 5 heteroatoms. The highest BCUT2D eigenvalue weighted by Gasteiger charge is 2.12. The summed E-state index contributed by atoms with van der Waals surface area (Å²) in [6, 6.07) is 15.8. The summed E-state index contributed by atoms with van der Waals surface area (Å²) in [5.41, 5.74) is 1.61. The first-order valence-corrected chi connectivity index (χ1v) is 7.71. The summed E-state index contributed by atoms with van der Waals surface area (Å²) in [6.07, 6.45) is 1.93. The third-order valence-corrected chi connectivity index (χ3v) is 3.27. The Hall–Kier alpha value is -2.82. The molecule has 0 saturated heterocycles. The smallest absolute Gasteiger partial charge is 0.319 e. The number of unbranched alkanes of at least 4 members (excludes halogenated alkanes) is 1. The second-order valence-electron chi connectivity index (χ2n) is 5.10. The first-order valence-electron chi connectivity index (χ1n) is 7.71. The topological polar surface area (TPSA) is 70.2 Å². The molecule has 0 heterocycles. The van der Waals surface area contributed by atoms with Crippen LogP contribution in [-0.4, -0.2) is 18.5 Å². The summed E-state index contributed by atoms with van der Waals surface area (Å²) >= 11 is 0. The number of carbonyl (C=O) groups is 2. The first-order chi connectivity index (χ1) is 11.2. The van der Waals surface area contributed by atoms with Crippen molar-refractivity contribution in [2.24, 2.45) is 0 Å². The number of rotatable bonds is 6. The van der Waals surface area contributed by atoms with E-state index in [9.17, 15) is 9.59 Å². The average molecular weight is 311 g/mol. The van der Waals surface area contributed by atoms with Crippen LogP contribution in [0.4, 0.5) is 16.2 Å². The SMILES string of the molecule is CCCCNC(=O)Nc1ccccc1C(=O)Nc1ccccc1. The fourth-order valence-corrected chi connectivity index (χ4v) is 2.06. The van der Waals surface area contributed by atoms with Gasteiger partial charge in [0.25, 0.3) is 5.91 Å². The minimum absolute atomic E-state index is 0.263. The molecule has 0 saturated carbocycles. The molecule has 0 aromatic heterocycles. The normalized spacial score (nSPS) is 9.96. The molecule has 3 N–H and O–H groups in total. The third kappa shape index (κ3) is 5.14. The fraction of sp³-hybridized carbons (Fsp3) is 0.222. The summed E-state index contributed by atoms with van der Waals surface area (Å²) in [5.74, 6) is -0.263. The zero-order chi connectivity index (χ0) is 16.5. The zero-order valence-corrected chi connectivity index (χ0v) is 13.1. The van der Waals surface area contributed by atoms with E-state index in [2.05, 4.69) is 22.9 Å². The van der Waals surface area contributed by atoms with Gasteiger partial charge in [-0.15, -0.1) is 0 Å². The van der Waals surface area contributed by atoms with E-state index in [1.807, 2.05) is 30.3 Å².